The first kappa shape index (κ1) is 10.9. The molecule has 84 valence electrons. The van der Waals surface area contributed by atoms with Gasteiger partial charge in [-0.1, -0.05) is 17.2 Å². The van der Waals surface area contributed by atoms with Gasteiger partial charge in [-0.2, -0.15) is 0 Å². The highest BCUT2D eigenvalue weighted by atomic mass is 32.2. The van der Waals surface area contributed by atoms with Crippen LogP contribution in [0.3, 0.4) is 0 Å². The van der Waals surface area contributed by atoms with E-state index in [9.17, 15) is 0 Å². The fraction of sp³-hybridized carbons (Fsp3) is 0.300. The zero-order valence-corrected chi connectivity index (χ0v) is 10.0. The lowest BCUT2D eigenvalue weighted by Gasteiger charge is -2.04. The summed E-state index contributed by atoms with van der Waals surface area (Å²) in [5, 5.41) is 14.3. The van der Waals surface area contributed by atoms with Crippen molar-refractivity contribution in [3.05, 3.63) is 29.8 Å². The molecule has 0 aliphatic rings. The van der Waals surface area contributed by atoms with Crippen LogP contribution in [0.5, 0.6) is 0 Å². The minimum absolute atomic E-state index is 0.675. The van der Waals surface area contributed by atoms with Gasteiger partial charge in [0.15, 0.2) is 0 Å². The molecule has 0 saturated carbocycles. The van der Waals surface area contributed by atoms with E-state index in [2.05, 4.69) is 51.4 Å². The van der Waals surface area contributed by atoms with Crippen molar-refractivity contribution < 1.29 is 0 Å². The Balaban J connectivity index is 1.97. The van der Waals surface area contributed by atoms with Gasteiger partial charge in [-0.3, -0.25) is 0 Å². The average molecular weight is 235 g/mol. The Morgan fingerprint density at radius 2 is 2.06 bits per heavy atom. The van der Waals surface area contributed by atoms with Crippen LogP contribution in [-0.2, 0) is 13.6 Å². The molecule has 0 aliphatic carbocycles. The van der Waals surface area contributed by atoms with E-state index in [0.29, 0.717) is 5.95 Å². The summed E-state index contributed by atoms with van der Waals surface area (Å²) in [5.74, 6) is 0.675. The number of benzene rings is 1. The molecule has 0 aliphatic heterocycles. The Bertz CT molecular complexity index is 450. The van der Waals surface area contributed by atoms with E-state index in [1.165, 1.54) is 10.5 Å². The van der Waals surface area contributed by atoms with E-state index < -0.39 is 0 Å². The smallest absolute Gasteiger partial charge is 0.242 e. The quantitative estimate of drug-likeness (QED) is 0.815. The van der Waals surface area contributed by atoms with E-state index in [1.54, 1.807) is 23.5 Å². The first-order valence-electron chi connectivity index (χ1n) is 4.89. The summed E-state index contributed by atoms with van der Waals surface area (Å²) in [7, 11) is 1.80. The highest BCUT2D eigenvalue weighted by molar-refractivity contribution is 7.98. The molecule has 0 unspecified atom stereocenters. The van der Waals surface area contributed by atoms with E-state index in [1.807, 2.05) is 0 Å². The van der Waals surface area contributed by atoms with Crippen LogP contribution in [0.2, 0.25) is 0 Å². The number of aryl methyl sites for hydroxylation is 1. The SMILES string of the molecule is CSc1ccc(CNc2nnnn2C)cc1. The predicted molar refractivity (Wildman–Crippen MR) is 64.3 cm³/mol. The summed E-state index contributed by atoms with van der Waals surface area (Å²) in [6.45, 7) is 0.725. The molecule has 0 atom stereocenters. The third-order valence-corrected chi connectivity index (χ3v) is 2.97. The third-order valence-electron chi connectivity index (χ3n) is 2.23. The number of nitrogens with zero attached hydrogens (tertiary/aromatic N) is 4. The molecule has 1 aromatic heterocycles. The summed E-state index contributed by atoms with van der Waals surface area (Å²) >= 11 is 1.74. The summed E-state index contributed by atoms with van der Waals surface area (Å²) in [4.78, 5) is 1.27. The van der Waals surface area contributed by atoms with Crippen molar-refractivity contribution in [3.8, 4) is 0 Å². The molecule has 1 N–H and O–H groups in total. The summed E-state index contributed by atoms with van der Waals surface area (Å²) < 4.78 is 1.61. The van der Waals surface area contributed by atoms with Gasteiger partial charge in [-0.15, -0.1) is 11.8 Å². The van der Waals surface area contributed by atoms with Gasteiger partial charge < -0.3 is 5.32 Å². The molecule has 0 amide bonds. The van der Waals surface area contributed by atoms with Gasteiger partial charge in [-0.25, -0.2) is 4.68 Å². The molecular formula is C10H13N5S. The number of aromatic nitrogens is 4. The lowest BCUT2D eigenvalue weighted by molar-refractivity contribution is 0.712. The Labute approximate surface area is 98.2 Å². The molecule has 0 radical (unpaired) electrons. The molecule has 6 heteroatoms. The van der Waals surface area contributed by atoms with Crippen LogP contribution in [-0.4, -0.2) is 26.5 Å². The van der Waals surface area contributed by atoms with E-state index in [0.717, 1.165) is 6.54 Å². The summed E-state index contributed by atoms with van der Waals surface area (Å²) in [5.41, 5.74) is 1.21. The fourth-order valence-electron chi connectivity index (χ4n) is 1.30. The second-order valence-corrected chi connectivity index (χ2v) is 4.21. The second-order valence-electron chi connectivity index (χ2n) is 3.33. The van der Waals surface area contributed by atoms with Crippen molar-refractivity contribution in [2.45, 2.75) is 11.4 Å². The number of anilines is 1. The minimum Gasteiger partial charge on any atom is -0.349 e. The summed E-state index contributed by atoms with van der Waals surface area (Å²) in [6.07, 6.45) is 2.07. The van der Waals surface area contributed by atoms with Crippen molar-refractivity contribution in [2.75, 3.05) is 11.6 Å². The number of rotatable bonds is 4. The lowest BCUT2D eigenvalue weighted by atomic mass is 10.2. The summed E-state index contributed by atoms with van der Waals surface area (Å²) in [6, 6.07) is 8.42. The maximum absolute atomic E-state index is 3.85. The van der Waals surface area contributed by atoms with E-state index in [4.69, 9.17) is 0 Å². The zero-order chi connectivity index (χ0) is 11.4. The molecule has 1 aromatic carbocycles. The molecule has 0 saturated heterocycles. The Morgan fingerprint density at radius 1 is 1.31 bits per heavy atom. The zero-order valence-electron chi connectivity index (χ0n) is 9.21. The van der Waals surface area contributed by atoms with Crippen LogP contribution in [0, 0.1) is 0 Å². The van der Waals surface area contributed by atoms with Gasteiger partial charge in [0, 0.05) is 18.5 Å². The number of tetrazole rings is 1. The topological polar surface area (TPSA) is 55.6 Å². The number of hydrogen-bond donors (Lipinski definition) is 1. The lowest BCUT2D eigenvalue weighted by Crippen LogP contribution is -2.05. The van der Waals surface area contributed by atoms with Crippen molar-refractivity contribution in [2.24, 2.45) is 7.05 Å². The molecule has 2 rings (SSSR count). The first-order valence-corrected chi connectivity index (χ1v) is 6.11. The number of hydrogen-bond acceptors (Lipinski definition) is 5. The maximum Gasteiger partial charge on any atom is 0.242 e. The maximum atomic E-state index is 3.85. The average Bonchev–Trinajstić information content (AvgIpc) is 2.73. The van der Waals surface area contributed by atoms with Crippen molar-refractivity contribution in [1.29, 1.82) is 0 Å². The van der Waals surface area contributed by atoms with E-state index >= 15 is 0 Å². The molecule has 1 heterocycles. The molecular weight excluding hydrogens is 222 g/mol. The van der Waals surface area contributed by atoms with Gasteiger partial charge in [0.1, 0.15) is 0 Å². The minimum atomic E-state index is 0.675. The highest BCUT2D eigenvalue weighted by Crippen LogP contribution is 2.15. The predicted octanol–water partition coefficient (Wildman–Crippen LogP) is 1.54. The Hall–Kier alpha value is -1.56. The van der Waals surface area contributed by atoms with Gasteiger partial charge in [0.25, 0.3) is 0 Å². The normalized spacial score (nSPS) is 10.4. The van der Waals surface area contributed by atoms with Crippen molar-refractivity contribution in [1.82, 2.24) is 20.2 Å². The first-order chi connectivity index (χ1) is 7.79. The van der Waals surface area contributed by atoms with Gasteiger partial charge >= 0.3 is 0 Å². The van der Waals surface area contributed by atoms with Crippen molar-refractivity contribution >= 4 is 17.7 Å². The highest BCUT2D eigenvalue weighted by Gasteiger charge is 2.00. The van der Waals surface area contributed by atoms with Crippen LogP contribution >= 0.6 is 11.8 Å². The van der Waals surface area contributed by atoms with Crippen LogP contribution in [0.25, 0.3) is 0 Å². The van der Waals surface area contributed by atoms with Crippen LogP contribution in [0.15, 0.2) is 29.2 Å². The van der Waals surface area contributed by atoms with Crippen LogP contribution in [0.1, 0.15) is 5.56 Å². The standard InChI is InChI=1S/C10H13N5S/c1-15-10(12-13-14-15)11-7-8-3-5-9(16-2)6-4-8/h3-6H,7H2,1-2H3,(H,11,12,14). The van der Waals surface area contributed by atoms with Crippen LogP contribution in [0.4, 0.5) is 5.95 Å². The molecule has 5 nitrogen and oxygen atoms in total. The fourth-order valence-corrected chi connectivity index (χ4v) is 1.71. The largest absolute Gasteiger partial charge is 0.349 e. The Morgan fingerprint density at radius 3 is 2.62 bits per heavy atom. The van der Waals surface area contributed by atoms with Gasteiger partial charge in [0.2, 0.25) is 5.95 Å². The number of nitrogens with one attached hydrogen (secondary N) is 1. The van der Waals surface area contributed by atoms with Crippen molar-refractivity contribution in [3.63, 3.8) is 0 Å². The molecule has 0 spiro atoms. The van der Waals surface area contributed by atoms with Crippen LogP contribution < -0.4 is 5.32 Å². The molecule has 0 bridgehead atoms. The second kappa shape index (κ2) is 4.98. The van der Waals surface area contributed by atoms with Gasteiger partial charge in [-0.05, 0) is 34.4 Å². The molecule has 16 heavy (non-hydrogen) atoms. The monoisotopic (exact) mass is 235 g/mol. The molecule has 0 fully saturated rings. The third kappa shape index (κ3) is 2.52. The van der Waals surface area contributed by atoms with Gasteiger partial charge in [0.05, 0.1) is 0 Å². The molecule has 2 aromatic rings. The number of thioether (sulfide) groups is 1. The Kier molecular flexibility index (Phi) is 3.40. The van der Waals surface area contributed by atoms with E-state index in [-0.39, 0.29) is 0 Å².